The number of para-hydroxylation sites is 1. The molecule has 1 aliphatic heterocycles. The number of nitrogens with one attached hydrogen (secondary N) is 2. The van der Waals surface area contributed by atoms with E-state index in [1.165, 1.54) is 33.4 Å². The number of benzene rings is 8. The Morgan fingerprint density at radius 3 is 1.49 bits per heavy atom. The van der Waals surface area contributed by atoms with Gasteiger partial charge in [-0.1, -0.05) is 182 Å². The van der Waals surface area contributed by atoms with Gasteiger partial charge in [0.1, 0.15) is 29.3 Å². The molecule has 2 heterocycles. The molecule has 262 valence electrons. The highest BCUT2D eigenvalue weighted by Crippen LogP contribution is 2.39. The quantitative estimate of drug-likeness (QED) is 0.173. The van der Waals surface area contributed by atoms with Crippen molar-refractivity contribution >= 4 is 27.8 Å². The second-order valence-electron chi connectivity index (χ2n) is 14.0. The molecule has 0 saturated heterocycles. The highest BCUT2D eigenvalue weighted by atomic mass is 16.3. The first-order valence-corrected chi connectivity index (χ1v) is 18.8. The Kier molecular flexibility index (Phi) is 8.36. The van der Waals surface area contributed by atoms with Crippen LogP contribution in [0.2, 0.25) is 0 Å². The standard InChI is InChI=1S/C51H37N3O/c1-4-12-34(13-5-1)36-20-22-38(23-21-36)39-26-30-42(31-27-39)50-52-49(41-16-8-3-9-17-41)53-51(54-50)48-43(32-33-46-47(48)44-18-10-11-19-45(44)55-46)40-28-24-37(25-29-40)35-14-6-2-7-15-35/h1-33,49-50,52H,(H,53,54). The minimum Gasteiger partial charge on any atom is -0.456 e. The van der Waals surface area contributed by atoms with Gasteiger partial charge in [-0.3, -0.25) is 5.32 Å². The SMILES string of the molecule is c1ccc(-c2ccc(-c3ccc(C4NC(c5c(-c6ccc(-c7ccccc7)cc6)ccc6oc7ccccc7c56)=NC(c5ccccc5)N4)cc3)cc2)cc1. The zero-order valence-corrected chi connectivity index (χ0v) is 30.1. The van der Waals surface area contributed by atoms with Gasteiger partial charge in [0.2, 0.25) is 0 Å². The Bertz CT molecular complexity index is 2770. The minimum atomic E-state index is -0.283. The largest absolute Gasteiger partial charge is 0.456 e. The highest BCUT2D eigenvalue weighted by Gasteiger charge is 2.29. The third kappa shape index (κ3) is 6.29. The second-order valence-corrected chi connectivity index (χ2v) is 14.0. The van der Waals surface area contributed by atoms with Crippen molar-refractivity contribution in [2.45, 2.75) is 12.3 Å². The molecule has 2 unspecified atom stereocenters. The van der Waals surface area contributed by atoms with E-state index in [4.69, 9.17) is 9.41 Å². The smallest absolute Gasteiger partial charge is 0.136 e. The summed E-state index contributed by atoms with van der Waals surface area (Å²) in [7, 11) is 0. The average Bonchev–Trinajstić information content (AvgIpc) is 3.66. The van der Waals surface area contributed by atoms with E-state index in [1.54, 1.807) is 0 Å². The van der Waals surface area contributed by atoms with Crippen molar-refractivity contribution in [2.24, 2.45) is 4.99 Å². The summed E-state index contributed by atoms with van der Waals surface area (Å²) < 4.78 is 6.46. The van der Waals surface area contributed by atoms with E-state index in [0.29, 0.717) is 0 Å². The summed E-state index contributed by atoms with van der Waals surface area (Å²) in [5.41, 5.74) is 14.3. The molecular formula is C51H37N3O. The van der Waals surface area contributed by atoms with Crippen LogP contribution in [0.15, 0.2) is 210 Å². The zero-order chi connectivity index (χ0) is 36.6. The summed E-state index contributed by atoms with van der Waals surface area (Å²) >= 11 is 0. The average molecular weight is 708 g/mol. The maximum atomic E-state index is 6.46. The van der Waals surface area contributed by atoms with Crippen LogP contribution in [0.4, 0.5) is 0 Å². The first kappa shape index (κ1) is 32.6. The fourth-order valence-electron chi connectivity index (χ4n) is 7.79. The molecule has 0 bridgehead atoms. The lowest BCUT2D eigenvalue weighted by molar-refractivity contribution is 0.409. The van der Waals surface area contributed by atoms with E-state index < -0.39 is 0 Å². The van der Waals surface area contributed by atoms with Gasteiger partial charge in [-0.15, -0.1) is 0 Å². The van der Waals surface area contributed by atoms with E-state index in [2.05, 4.69) is 193 Å². The molecule has 10 rings (SSSR count). The van der Waals surface area contributed by atoms with E-state index in [1.807, 2.05) is 18.2 Å². The molecule has 0 radical (unpaired) electrons. The van der Waals surface area contributed by atoms with Gasteiger partial charge in [0.15, 0.2) is 0 Å². The lowest BCUT2D eigenvalue weighted by Crippen LogP contribution is -2.45. The summed E-state index contributed by atoms with van der Waals surface area (Å²) in [5.74, 6) is 0.817. The predicted octanol–water partition coefficient (Wildman–Crippen LogP) is 12.6. The van der Waals surface area contributed by atoms with E-state index in [-0.39, 0.29) is 12.3 Å². The van der Waals surface area contributed by atoms with Gasteiger partial charge in [-0.25, -0.2) is 4.99 Å². The summed E-state index contributed by atoms with van der Waals surface area (Å²) in [6.07, 6.45) is -0.497. The van der Waals surface area contributed by atoms with Crippen molar-refractivity contribution < 1.29 is 4.42 Å². The van der Waals surface area contributed by atoms with Crippen LogP contribution in [0.5, 0.6) is 0 Å². The van der Waals surface area contributed by atoms with Gasteiger partial charge in [-0.05, 0) is 73.8 Å². The van der Waals surface area contributed by atoms with Gasteiger partial charge in [0.25, 0.3) is 0 Å². The van der Waals surface area contributed by atoms with Gasteiger partial charge in [-0.2, -0.15) is 0 Å². The monoisotopic (exact) mass is 707 g/mol. The van der Waals surface area contributed by atoms with Crippen LogP contribution in [-0.2, 0) is 0 Å². The van der Waals surface area contributed by atoms with Gasteiger partial charge >= 0.3 is 0 Å². The van der Waals surface area contributed by atoms with Gasteiger partial charge in [0.05, 0.1) is 0 Å². The lowest BCUT2D eigenvalue weighted by Gasteiger charge is -2.33. The van der Waals surface area contributed by atoms with Crippen LogP contribution in [0, 0.1) is 0 Å². The van der Waals surface area contributed by atoms with Crippen LogP contribution in [0.3, 0.4) is 0 Å². The highest BCUT2D eigenvalue weighted by molar-refractivity contribution is 6.21. The molecule has 1 aromatic heterocycles. The molecule has 0 amide bonds. The minimum absolute atomic E-state index is 0.214. The Morgan fingerprint density at radius 1 is 0.400 bits per heavy atom. The molecule has 9 aromatic rings. The van der Waals surface area contributed by atoms with Crippen molar-refractivity contribution in [3.8, 4) is 44.5 Å². The molecule has 0 saturated carbocycles. The number of rotatable bonds is 7. The van der Waals surface area contributed by atoms with Gasteiger partial charge in [0, 0.05) is 16.3 Å². The summed E-state index contributed by atoms with van der Waals surface area (Å²) in [6, 6.07) is 70.5. The Labute approximate surface area is 320 Å². The molecule has 0 fully saturated rings. The summed E-state index contributed by atoms with van der Waals surface area (Å²) in [4.78, 5) is 5.44. The Morgan fingerprint density at radius 2 is 0.891 bits per heavy atom. The van der Waals surface area contributed by atoms with Crippen LogP contribution in [0.25, 0.3) is 66.4 Å². The van der Waals surface area contributed by atoms with Crippen molar-refractivity contribution in [3.05, 3.63) is 217 Å². The molecule has 1 aliphatic rings. The maximum absolute atomic E-state index is 6.46. The molecule has 2 atom stereocenters. The number of hydrogen-bond donors (Lipinski definition) is 2. The van der Waals surface area contributed by atoms with Crippen molar-refractivity contribution in [1.82, 2.24) is 10.6 Å². The van der Waals surface area contributed by atoms with Crippen LogP contribution < -0.4 is 10.6 Å². The Hall–Kier alpha value is -7.01. The normalized spacial score (nSPS) is 15.5. The fraction of sp³-hybridized carbons (Fsp3) is 0.0392. The molecule has 0 spiro atoms. The van der Waals surface area contributed by atoms with Crippen molar-refractivity contribution in [1.29, 1.82) is 0 Å². The third-order valence-corrected chi connectivity index (χ3v) is 10.6. The first-order chi connectivity index (χ1) is 27.2. The molecule has 4 nitrogen and oxygen atoms in total. The Balaban J connectivity index is 1.06. The predicted molar refractivity (Wildman–Crippen MR) is 227 cm³/mol. The molecule has 2 N–H and O–H groups in total. The summed E-state index contributed by atoms with van der Waals surface area (Å²) in [5, 5.41) is 9.79. The van der Waals surface area contributed by atoms with Crippen LogP contribution in [-0.4, -0.2) is 5.84 Å². The molecule has 4 heteroatoms. The van der Waals surface area contributed by atoms with Gasteiger partial charge < -0.3 is 9.73 Å². The molecule has 55 heavy (non-hydrogen) atoms. The fourth-order valence-corrected chi connectivity index (χ4v) is 7.79. The summed E-state index contributed by atoms with van der Waals surface area (Å²) in [6.45, 7) is 0. The van der Waals surface area contributed by atoms with Crippen molar-refractivity contribution in [2.75, 3.05) is 0 Å². The maximum Gasteiger partial charge on any atom is 0.136 e. The third-order valence-electron chi connectivity index (χ3n) is 10.6. The van der Waals surface area contributed by atoms with Crippen LogP contribution >= 0.6 is 0 Å². The zero-order valence-electron chi connectivity index (χ0n) is 30.1. The number of furan rings is 1. The second kappa shape index (κ2) is 14.1. The van der Waals surface area contributed by atoms with Crippen molar-refractivity contribution in [3.63, 3.8) is 0 Å². The number of amidine groups is 1. The van der Waals surface area contributed by atoms with E-state index in [9.17, 15) is 0 Å². The number of aliphatic imine (C=N–C) groups is 1. The van der Waals surface area contributed by atoms with E-state index >= 15 is 0 Å². The lowest BCUT2D eigenvalue weighted by atomic mass is 9.92. The molecular weight excluding hydrogens is 671 g/mol. The number of fused-ring (bicyclic) bond motifs is 3. The number of hydrogen-bond acceptors (Lipinski definition) is 4. The molecule has 8 aromatic carbocycles. The number of nitrogens with zero attached hydrogens (tertiary/aromatic N) is 1. The topological polar surface area (TPSA) is 49.6 Å². The van der Waals surface area contributed by atoms with Crippen LogP contribution in [0.1, 0.15) is 29.0 Å². The first-order valence-electron chi connectivity index (χ1n) is 18.8. The molecule has 0 aliphatic carbocycles. The van der Waals surface area contributed by atoms with E-state index in [0.717, 1.165) is 55.6 Å².